The van der Waals surface area contributed by atoms with Gasteiger partial charge < -0.3 is 9.47 Å². The molecule has 0 N–H and O–H groups in total. The first-order valence-electron chi connectivity index (χ1n) is 9.69. The molecule has 2 aliphatic rings. The van der Waals surface area contributed by atoms with Crippen molar-refractivity contribution in [3.8, 4) is 11.5 Å². The number of halogens is 1. The van der Waals surface area contributed by atoms with Gasteiger partial charge in [-0.3, -0.25) is 14.7 Å². The molecule has 0 fully saturated rings. The first kappa shape index (κ1) is 18.9. The lowest BCUT2D eigenvalue weighted by Gasteiger charge is -2.30. The minimum atomic E-state index is -0.114. The van der Waals surface area contributed by atoms with Gasteiger partial charge in [-0.05, 0) is 54.5 Å². The number of fused-ring (bicyclic) bond motifs is 2. The molecule has 1 aromatic heterocycles. The number of allylic oxidation sites excluding steroid dienone is 1. The number of hydrogen-bond donors (Lipinski definition) is 0. The summed E-state index contributed by atoms with van der Waals surface area (Å²) < 4.78 is 12.0. The minimum Gasteiger partial charge on any atom is -0.477 e. The van der Waals surface area contributed by atoms with E-state index in [1.165, 1.54) is 5.56 Å². The standard InChI is InChI=1S/C24H19ClN2O3/c1-15-23-18(13-27(14-29-23)12-17-6-8-26-9-7-17)11-20-22(28)21(30-24(15)20)10-16-2-4-19(25)5-3-16/h2-11H,12-14H2,1H3/b21-10-. The molecule has 150 valence electrons. The molecule has 0 radical (unpaired) electrons. The third kappa shape index (κ3) is 3.47. The summed E-state index contributed by atoms with van der Waals surface area (Å²) in [6, 6.07) is 13.2. The molecule has 0 saturated heterocycles. The van der Waals surface area contributed by atoms with E-state index in [1.54, 1.807) is 30.6 Å². The van der Waals surface area contributed by atoms with Crippen LogP contribution in [0, 0.1) is 6.92 Å². The zero-order valence-electron chi connectivity index (χ0n) is 16.4. The Balaban J connectivity index is 1.43. The van der Waals surface area contributed by atoms with E-state index in [4.69, 9.17) is 21.1 Å². The summed E-state index contributed by atoms with van der Waals surface area (Å²) in [7, 11) is 0. The molecule has 0 amide bonds. The third-order valence-electron chi connectivity index (χ3n) is 5.33. The Morgan fingerprint density at radius 3 is 2.67 bits per heavy atom. The molecule has 3 aromatic rings. The summed E-state index contributed by atoms with van der Waals surface area (Å²) >= 11 is 5.95. The zero-order valence-corrected chi connectivity index (χ0v) is 17.1. The number of rotatable bonds is 3. The van der Waals surface area contributed by atoms with Gasteiger partial charge in [-0.2, -0.15) is 0 Å². The van der Waals surface area contributed by atoms with E-state index in [1.807, 2.05) is 37.3 Å². The van der Waals surface area contributed by atoms with E-state index in [-0.39, 0.29) is 5.78 Å². The Hall–Kier alpha value is -3.15. The molecule has 2 aromatic carbocycles. The van der Waals surface area contributed by atoms with E-state index in [9.17, 15) is 4.79 Å². The van der Waals surface area contributed by atoms with Gasteiger partial charge >= 0.3 is 0 Å². The number of benzene rings is 2. The lowest BCUT2D eigenvalue weighted by atomic mass is 10.00. The van der Waals surface area contributed by atoms with Crippen molar-refractivity contribution in [2.24, 2.45) is 0 Å². The molecule has 6 heteroatoms. The fourth-order valence-corrected chi connectivity index (χ4v) is 3.98. The van der Waals surface area contributed by atoms with Gasteiger partial charge in [-0.1, -0.05) is 23.7 Å². The van der Waals surface area contributed by atoms with E-state index in [0.29, 0.717) is 35.4 Å². The summed E-state index contributed by atoms with van der Waals surface area (Å²) in [5, 5.41) is 0.649. The van der Waals surface area contributed by atoms with Crippen LogP contribution in [0.2, 0.25) is 5.02 Å². The van der Waals surface area contributed by atoms with E-state index >= 15 is 0 Å². The fourth-order valence-electron chi connectivity index (χ4n) is 3.85. The van der Waals surface area contributed by atoms with E-state index < -0.39 is 0 Å². The first-order valence-corrected chi connectivity index (χ1v) is 10.1. The Kier molecular flexibility index (Phi) is 4.77. The Bertz CT molecular complexity index is 1160. The average Bonchev–Trinajstić information content (AvgIpc) is 3.06. The second-order valence-corrected chi connectivity index (χ2v) is 7.91. The quantitative estimate of drug-likeness (QED) is 0.559. The molecule has 5 rings (SSSR count). The topological polar surface area (TPSA) is 51.7 Å². The van der Waals surface area contributed by atoms with Gasteiger partial charge in [0.25, 0.3) is 0 Å². The largest absolute Gasteiger partial charge is 0.477 e. The highest BCUT2D eigenvalue weighted by atomic mass is 35.5. The highest BCUT2D eigenvalue weighted by Crippen LogP contribution is 2.43. The van der Waals surface area contributed by atoms with Crippen LogP contribution in [0.3, 0.4) is 0 Å². The van der Waals surface area contributed by atoms with Gasteiger partial charge in [0.15, 0.2) is 5.76 Å². The second kappa shape index (κ2) is 7.59. The zero-order chi connectivity index (χ0) is 20.7. The normalized spacial score (nSPS) is 16.7. The third-order valence-corrected chi connectivity index (χ3v) is 5.58. The van der Waals surface area contributed by atoms with E-state index in [2.05, 4.69) is 9.88 Å². The van der Waals surface area contributed by atoms with Crippen LogP contribution in [-0.4, -0.2) is 22.4 Å². The molecule has 0 saturated carbocycles. The smallest absolute Gasteiger partial charge is 0.231 e. The molecular formula is C24H19ClN2O3. The number of nitrogens with zero attached hydrogens (tertiary/aromatic N) is 2. The van der Waals surface area contributed by atoms with Crippen molar-refractivity contribution in [1.82, 2.24) is 9.88 Å². The molecule has 5 nitrogen and oxygen atoms in total. The first-order chi connectivity index (χ1) is 14.6. The van der Waals surface area contributed by atoms with Gasteiger partial charge in [0.2, 0.25) is 5.78 Å². The molecule has 0 atom stereocenters. The molecule has 30 heavy (non-hydrogen) atoms. The highest BCUT2D eigenvalue weighted by molar-refractivity contribution is 6.30. The van der Waals surface area contributed by atoms with Crippen LogP contribution in [0.15, 0.2) is 60.6 Å². The predicted molar refractivity (Wildman–Crippen MR) is 115 cm³/mol. The van der Waals surface area contributed by atoms with Crippen molar-refractivity contribution >= 4 is 23.5 Å². The second-order valence-electron chi connectivity index (χ2n) is 7.47. The number of Topliss-reactive ketones (excluding diaryl/α,β-unsaturated/α-hetero) is 1. The fraction of sp³-hybridized carbons (Fsp3) is 0.167. The maximum Gasteiger partial charge on any atom is 0.231 e. The molecule has 0 spiro atoms. The number of carbonyl (C=O) groups is 1. The molecule has 0 unspecified atom stereocenters. The van der Waals surface area contributed by atoms with Crippen molar-refractivity contribution in [3.05, 3.63) is 93.5 Å². The number of pyridine rings is 1. The van der Waals surface area contributed by atoms with Crippen LogP contribution < -0.4 is 9.47 Å². The maximum absolute atomic E-state index is 13.0. The lowest BCUT2D eigenvalue weighted by Crippen LogP contribution is -2.32. The van der Waals surface area contributed by atoms with Gasteiger partial charge in [0.05, 0.1) is 5.56 Å². The Labute approximate surface area is 179 Å². The summed E-state index contributed by atoms with van der Waals surface area (Å²) in [5.74, 6) is 1.59. The van der Waals surface area contributed by atoms with Crippen molar-refractivity contribution in [3.63, 3.8) is 0 Å². The summed E-state index contributed by atoms with van der Waals surface area (Å²) in [6.07, 6.45) is 5.32. The molecule has 0 bridgehead atoms. The van der Waals surface area contributed by atoms with Gasteiger partial charge in [0.1, 0.15) is 18.2 Å². The summed E-state index contributed by atoms with van der Waals surface area (Å²) in [5.41, 5.74) is 4.47. The summed E-state index contributed by atoms with van der Waals surface area (Å²) in [6.45, 7) is 3.88. The Morgan fingerprint density at radius 2 is 1.90 bits per heavy atom. The van der Waals surface area contributed by atoms with Crippen molar-refractivity contribution in [1.29, 1.82) is 0 Å². The van der Waals surface area contributed by atoms with Crippen molar-refractivity contribution in [2.45, 2.75) is 20.0 Å². The minimum absolute atomic E-state index is 0.114. The lowest BCUT2D eigenvalue weighted by molar-refractivity contribution is 0.0876. The van der Waals surface area contributed by atoms with Crippen molar-refractivity contribution < 1.29 is 14.3 Å². The number of ketones is 1. The SMILES string of the molecule is Cc1c2c(cc3c1O/C(=C\c1ccc(Cl)cc1)C3=O)CN(Cc1ccncc1)CO2. The van der Waals surface area contributed by atoms with Gasteiger partial charge in [-0.15, -0.1) is 0 Å². The van der Waals surface area contributed by atoms with E-state index in [0.717, 1.165) is 29.0 Å². The molecule has 3 heterocycles. The molecular weight excluding hydrogens is 400 g/mol. The highest BCUT2D eigenvalue weighted by Gasteiger charge is 2.33. The maximum atomic E-state index is 13.0. The molecule has 0 aliphatic carbocycles. The number of aromatic nitrogens is 1. The van der Waals surface area contributed by atoms with Crippen molar-refractivity contribution in [2.75, 3.05) is 6.73 Å². The monoisotopic (exact) mass is 418 g/mol. The number of ether oxygens (including phenoxy) is 2. The Morgan fingerprint density at radius 1 is 1.13 bits per heavy atom. The average molecular weight is 419 g/mol. The number of carbonyl (C=O) groups excluding carboxylic acids is 1. The molecule has 2 aliphatic heterocycles. The van der Waals surface area contributed by atoms with Gasteiger partial charge in [-0.25, -0.2) is 0 Å². The van der Waals surface area contributed by atoms with Crippen LogP contribution in [0.1, 0.15) is 32.6 Å². The van der Waals surface area contributed by atoms with Gasteiger partial charge in [0, 0.05) is 41.6 Å². The van der Waals surface area contributed by atoms with Crippen LogP contribution in [0.5, 0.6) is 11.5 Å². The predicted octanol–water partition coefficient (Wildman–Crippen LogP) is 5.01. The number of hydrogen-bond acceptors (Lipinski definition) is 5. The van der Waals surface area contributed by atoms with Crippen LogP contribution in [-0.2, 0) is 13.1 Å². The van der Waals surface area contributed by atoms with Crippen LogP contribution in [0.4, 0.5) is 0 Å². The van der Waals surface area contributed by atoms with Crippen LogP contribution >= 0.6 is 11.6 Å². The summed E-state index contributed by atoms with van der Waals surface area (Å²) in [4.78, 5) is 19.2. The van der Waals surface area contributed by atoms with Crippen LogP contribution in [0.25, 0.3) is 6.08 Å².